The Morgan fingerprint density at radius 1 is 1.16 bits per heavy atom. The van der Waals surface area contributed by atoms with Crippen molar-refractivity contribution in [2.24, 2.45) is 10.8 Å². The van der Waals surface area contributed by atoms with Crippen LogP contribution < -0.4 is 4.74 Å². The highest BCUT2D eigenvalue weighted by Gasteiger charge is 2.50. The summed E-state index contributed by atoms with van der Waals surface area (Å²) >= 11 is 0. The van der Waals surface area contributed by atoms with Gasteiger partial charge in [0.05, 0.1) is 6.42 Å². The molecule has 0 spiro atoms. The van der Waals surface area contributed by atoms with Gasteiger partial charge in [-0.3, -0.25) is 4.79 Å². The van der Waals surface area contributed by atoms with E-state index in [2.05, 4.69) is 25.7 Å². The third kappa shape index (κ3) is 4.37. The average Bonchev–Trinajstić information content (AvgIpc) is 2.68. The molecule has 2 fully saturated rings. The zero-order valence-electron chi connectivity index (χ0n) is 16.7. The molecule has 1 aliphatic carbocycles. The van der Waals surface area contributed by atoms with Crippen LogP contribution >= 0.6 is 0 Å². The lowest BCUT2D eigenvalue weighted by molar-refractivity contribution is -0.131. The van der Waals surface area contributed by atoms with Gasteiger partial charge in [-0.25, -0.2) is 0 Å². The molecule has 1 aromatic rings. The van der Waals surface area contributed by atoms with E-state index >= 15 is 0 Å². The summed E-state index contributed by atoms with van der Waals surface area (Å²) in [6.45, 7) is 14.1. The van der Waals surface area contributed by atoms with Crippen LogP contribution in [0.3, 0.4) is 0 Å². The molecule has 3 nitrogen and oxygen atoms in total. The van der Waals surface area contributed by atoms with Crippen molar-refractivity contribution in [2.45, 2.75) is 78.9 Å². The monoisotopic (exact) mass is 343 g/mol. The Bertz CT molecular complexity index is 641. The van der Waals surface area contributed by atoms with E-state index in [1.807, 2.05) is 45.0 Å². The standard InChI is InChI=1S/C22H33NO2/c1-20(2,3)25-18-9-7-16(8-10-18)11-19(24)23-15-22(6)13-17(23)12-21(4,5)14-22/h7-10,17H,11-15H2,1-6H3. The summed E-state index contributed by atoms with van der Waals surface area (Å²) in [6.07, 6.45) is 4.01. The topological polar surface area (TPSA) is 29.5 Å². The van der Waals surface area contributed by atoms with E-state index in [4.69, 9.17) is 4.74 Å². The normalized spacial score (nSPS) is 28.1. The van der Waals surface area contributed by atoms with Crippen molar-refractivity contribution in [1.82, 2.24) is 4.90 Å². The van der Waals surface area contributed by atoms with Crippen LogP contribution in [-0.2, 0) is 11.2 Å². The van der Waals surface area contributed by atoms with Crippen LogP contribution in [0.1, 0.15) is 66.4 Å². The molecule has 3 heteroatoms. The Hall–Kier alpha value is -1.51. The molecule has 2 unspecified atom stereocenters. The fourth-order valence-corrected chi connectivity index (χ4v) is 5.06. The lowest BCUT2D eigenvalue weighted by Crippen LogP contribution is -2.38. The van der Waals surface area contributed by atoms with Crippen molar-refractivity contribution in [3.05, 3.63) is 29.8 Å². The smallest absolute Gasteiger partial charge is 0.227 e. The van der Waals surface area contributed by atoms with Crippen molar-refractivity contribution in [3.63, 3.8) is 0 Å². The van der Waals surface area contributed by atoms with E-state index in [9.17, 15) is 4.79 Å². The highest BCUT2D eigenvalue weighted by molar-refractivity contribution is 5.79. The molecule has 25 heavy (non-hydrogen) atoms. The van der Waals surface area contributed by atoms with Crippen LogP contribution in [0, 0.1) is 10.8 Å². The molecule has 0 N–H and O–H groups in total. The van der Waals surface area contributed by atoms with Crippen LogP contribution in [0.5, 0.6) is 5.75 Å². The average molecular weight is 344 g/mol. The molecule has 1 amide bonds. The minimum absolute atomic E-state index is 0.202. The summed E-state index contributed by atoms with van der Waals surface area (Å²) in [7, 11) is 0. The largest absolute Gasteiger partial charge is 0.488 e. The molecule has 3 rings (SSSR count). The number of nitrogens with zero attached hydrogens (tertiary/aromatic N) is 1. The van der Waals surface area contributed by atoms with Gasteiger partial charge >= 0.3 is 0 Å². The van der Waals surface area contributed by atoms with Gasteiger partial charge in [-0.1, -0.05) is 32.9 Å². The van der Waals surface area contributed by atoms with Gasteiger partial charge in [0.25, 0.3) is 0 Å². The molecule has 1 saturated heterocycles. The Labute approximate surface area is 152 Å². The van der Waals surface area contributed by atoms with Gasteiger partial charge < -0.3 is 9.64 Å². The number of fused-ring (bicyclic) bond motifs is 2. The first kappa shape index (κ1) is 18.3. The Kier molecular flexibility index (Phi) is 4.41. The molecular formula is C22H33NO2. The van der Waals surface area contributed by atoms with Crippen molar-refractivity contribution in [3.8, 4) is 5.75 Å². The summed E-state index contributed by atoms with van der Waals surface area (Å²) in [5, 5.41) is 0. The van der Waals surface area contributed by atoms with Gasteiger partial charge in [0.15, 0.2) is 0 Å². The van der Waals surface area contributed by atoms with Crippen LogP contribution in [0.25, 0.3) is 0 Å². The van der Waals surface area contributed by atoms with Crippen molar-refractivity contribution in [2.75, 3.05) is 6.54 Å². The third-order valence-corrected chi connectivity index (χ3v) is 5.44. The number of hydrogen-bond acceptors (Lipinski definition) is 2. The van der Waals surface area contributed by atoms with Gasteiger partial charge in [-0.2, -0.15) is 0 Å². The number of rotatable bonds is 3. The maximum atomic E-state index is 12.9. The number of amides is 1. The number of hydrogen-bond donors (Lipinski definition) is 0. The van der Waals surface area contributed by atoms with Crippen molar-refractivity contribution >= 4 is 5.91 Å². The quantitative estimate of drug-likeness (QED) is 0.786. The van der Waals surface area contributed by atoms with E-state index in [1.165, 1.54) is 12.8 Å². The molecular weight excluding hydrogens is 310 g/mol. The summed E-state index contributed by atoms with van der Waals surface area (Å²) in [5.41, 5.74) is 1.51. The maximum Gasteiger partial charge on any atom is 0.227 e. The maximum absolute atomic E-state index is 12.9. The van der Waals surface area contributed by atoms with E-state index in [0.717, 1.165) is 24.3 Å². The first-order valence-electron chi connectivity index (χ1n) is 9.52. The molecule has 2 atom stereocenters. The molecule has 138 valence electrons. The molecule has 0 aromatic heterocycles. The molecule has 1 saturated carbocycles. The Morgan fingerprint density at radius 2 is 1.80 bits per heavy atom. The molecule has 2 aliphatic rings. The number of ether oxygens (including phenoxy) is 1. The van der Waals surface area contributed by atoms with Crippen molar-refractivity contribution < 1.29 is 9.53 Å². The van der Waals surface area contributed by atoms with E-state index < -0.39 is 0 Å². The lowest BCUT2D eigenvalue weighted by Gasteiger charge is -2.39. The summed E-state index contributed by atoms with van der Waals surface area (Å²) in [6, 6.07) is 8.41. The fraction of sp³-hybridized carbons (Fsp3) is 0.682. The lowest BCUT2D eigenvalue weighted by atomic mass is 9.65. The predicted molar refractivity (Wildman–Crippen MR) is 102 cm³/mol. The van der Waals surface area contributed by atoms with Gasteiger partial charge in [0, 0.05) is 12.6 Å². The second-order valence-electron chi connectivity index (χ2n) is 10.3. The van der Waals surface area contributed by atoms with Gasteiger partial charge in [0.1, 0.15) is 11.4 Å². The van der Waals surface area contributed by atoms with E-state index in [-0.39, 0.29) is 11.5 Å². The van der Waals surface area contributed by atoms with Crippen molar-refractivity contribution in [1.29, 1.82) is 0 Å². The minimum Gasteiger partial charge on any atom is -0.488 e. The second kappa shape index (κ2) is 6.03. The Balaban J connectivity index is 1.65. The number of carbonyl (C=O) groups is 1. The van der Waals surface area contributed by atoms with Crippen LogP contribution in [0.15, 0.2) is 24.3 Å². The number of carbonyl (C=O) groups excluding carboxylic acids is 1. The number of benzene rings is 1. The zero-order valence-corrected chi connectivity index (χ0v) is 16.7. The first-order chi connectivity index (χ1) is 11.4. The predicted octanol–water partition coefficient (Wildman–Crippen LogP) is 4.83. The highest BCUT2D eigenvalue weighted by atomic mass is 16.5. The number of likely N-dealkylation sites (tertiary alicyclic amines) is 1. The molecule has 1 aromatic carbocycles. The van der Waals surface area contributed by atoms with E-state index in [1.54, 1.807) is 0 Å². The van der Waals surface area contributed by atoms with Gasteiger partial charge in [-0.05, 0) is 68.6 Å². The molecule has 1 heterocycles. The SMILES string of the molecule is CC1(C)CC2CC(C)(CN2C(=O)Cc2ccc(OC(C)(C)C)cc2)C1. The third-order valence-electron chi connectivity index (χ3n) is 5.44. The van der Waals surface area contributed by atoms with Crippen LogP contribution in [0.4, 0.5) is 0 Å². The summed E-state index contributed by atoms with van der Waals surface area (Å²) in [4.78, 5) is 15.1. The second-order valence-corrected chi connectivity index (χ2v) is 10.3. The van der Waals surface area contributed by atoms with Gasteiger partial charge in [0.2, 0.25) is 5.91 Å². The molecule has 0 radical (unpaired) electrons. The highest BCUT2D eigenvalue weighted by Crippen LogP contribution is 2.52. The fourth-order valence-electron chi connectivity index (χ4n) is 5.06. The van der Waals surface area contributed by atoms with Gasteiger partial charge in [-0.15, -0.1) is 0 Å². The minimum atomic E-state index is -0.202. The Morgan fingerprint density at radius 3 is 2.40 bits per heavy atom. The first-order valence-corrected chi connectivity index (χ1v) is 9.52. The summed E-state index contributed by atoms with van der Waals surface area (Å²) in [5.74, 6) is 1.13. The van der Waals surface area contributed by atoms with Crippen LogP contribution in [-0.4, -0.2) is 29.0 Å². The van der Waals surface area contributed by atoms with Crippen LogP contribution in [0.2, 0.25) is 0 Å². The molecule has 1 aliphatic heterocycles. The molecule has 2 bridgehead atoms. The zero-order chi connectivity index (χ0) is 18.5. The summed E-state index contributed by atoms with van der Waals surface area (Å²) < 4.78 is 5.86. The van der Waals surface area contributed by atoms with E-state index in [0.29, 0.717) is 23.3 Å².